The summed E-state index contributed by atoms with van der Waals surface area (Å²) < 4.78 is 25.1. The van der Waals surface area contributed by atoms with Gasteiger partial charge in [-0.15, -0.1) is 5.10 Å². The van der Waals surface area contributed by atoms with Crippen LogP contribution in [0.25, 0.3) is 11.5 Å². The number of amides is 2. The number of carbonyl (C=O) groups is 3. The standard InChI is InChI=1S/C27H32FN7O5/c1-16-31-22(11-23(32-16)27(38)29-12-19-6-9-21(28)24(10-19)39-3)26-30-15-35(34-26)13-18-4-7-20(8-5-18)33-25(37)14-40-17(2)36/h6,9-11,15,18,20H,4-5,7-8,12-14H2,1-3H3,(H,29,38)(H,33,37). The van der Waals surface area contributed by atoms with Crippen molar-refractivity contribution in [3.63, 3.8) is 0 Å². The number of rotatable bonds is 10. The zero-order chi connectivity index (χ0) is 28.6. The van der Waals surface area contributed by atoms with E-state index in [9.17, 15) is 18.8 Å². The van der Waals surface area contributed by atoms with Crippen LogP contribution in [0.4, 0.5) is 4.39 Å². The molecule has 3 aromatic rings. The van der Waals surface area contributed by atoms with E-state index in [0.717, 1.165) is 25.7 Å². The number of carbonyl (C=O) groups excluding carboxylic acids is 3. The molecule has 4 rings (SSSR count). The lowest BCUT2D eigenvalue weighted by molar-refractivity contribution is -0.146. The zero-order valence-corrected chi connectivity index (χ0v) is 22.6. The molecular weight excluding hydrogens is 521 g/mol. The highest BCUT2D eigenvalue weighted by atomic mass is 19.1. The van der Waals surface area contributed by atoms with Gasteiger partial charge in [-0.1, -0.05) is 6.07 Å². The lowest BCUT2D eigenvalue weighted by Crippen LogP contribution is -2.40. The first-order valence-electron chi connectivity index (χ1n) is 13.0. The van der Waals surface area contributed by atoms with Crippen molar-refractivity contribution in [1.82, 2.24) is 35.4 Å². The normalized spacial score (nSPS) is 16.7. The quantitative estimate of drug-likeness (QED) is 0.361. The fourth-order valence-electron chi connectivity index (χ4n) is 4.58. The van der Waals surface area contributed by atoms with Crippen molar-refractivity contribution in [2.45, 2.75) is 58.7 Å². The van der Waals surface area contributed by atoms with Crippen LogP contribution in [0.3, 0.4) is 0 Å². The Hall–Kier alpha value is -4.42. The van der Waals surface area contributed by atoms with Gasteiger partial charge in [-0.05, 0) is 62.3 Å². The van der Waals surface area contributed by atoms with E-state index in [-0.39, 0.29) is 36.5 Å². The van der Waals surface area contributed by atoms with E-state index in [1.54, 1.807) is 24.0 Å². The molecule has 0 spiro atoms. The first-order valence-corrected chi connectivity index (χ1v) is 13.0. The van der Waals surface area contributed by atoms with E-state index in [0.29, 0.717) is 35.4 Å². The molecule has 0 saturated heterocycles. The first-order chi connectivity index (χ1) is 19.2. The van der Waals surface area contributed by atoms with Gasteiger partial charge in [0.05, 0.1) is 7.11 Å². The first kappa shape index (κ1) is 28.6. The van der Waals surface area contributed by atoms with Gasteiger partial charge in [0.15, 0.2) is 24.0 Å². The number of esters is 1. The van der Waals surface area contributed by atoms with Gasteiger partial charge in [0.1, 0.15) is 23.5 Å². The number of hydrogen-bond donors (Lipinski definition) is 2. The molecule has 212 valence electrons. The summed E-state index contributed by atoms with van der Waals surface area (Å²) in [6, 6.07) is 5.98. The fourth-order valence-corrected chi connectivity index (χ4v) is 4.58. The van der Waals surface area contributed by atoms with Gasteiger partial charge >= 0.3 is 5.97 Å². The zero-order valence-electron chi connectivity index (χ0n) is 22.6. The molecule has 0 unspecified atom stereocenters. The van der Waals surface area contributed by atoms with Crippen LogP contribution in [0.1, 0.15) is 54.5 Å². The molecule has 1 aliphatic carbocycles. The van der Waals surface area contributed by atoms with Crippen molar-refractivity contribution in [1.29, 1.82) is 0 Å². The molecule has 2 amide bonds. The van der Waals surface area contributed by atoms with E-state index < -0.39 is 17.7 Å². The second-order valence-corrected chi connectivity index (χ2v) is 9.69. The van der Waals surface area contributed by atoms with Crippen molar-refractivity contribution < 1.29 is 28.2 Å². The summed E-state index contributed by atoms with van der Waals surface area (Å²) in [6.45, 7) is 3.53. The van der Waals surface area contributed by atoms with Crippen LogP contribution in [0.15, 0.2) is 30.6 Å². The molecule has 2 aromatic heterocycles. The maximum absolute atomic E-state index is 13.6. The molecule has 0 bridgehead atoms. The summed E-state index contributed by atoms with van der Waals surface area (Å²) in [5.74, 6) is -0.402. The summed E-state index contributed by atoms with van der Waals surface area (Å²) >= 11 is 0. The Morgan fingerprint density at radius 2 is 1.90 bits per heavy atom. The highest BCUT2D eigenvalue weighted by Crippen LogP contribution is 2.26. The van der Waals surface area contributed by atoms with Crippen LogP contribution in [-0.4, -0.2) is 62.3 Å². The molecule has 1 aliphatic rings. The molecule has 1 aromatic carbocycles. The van der Waals surface area contributed by atoms with Crippen LogP contribution in [-0.2, 0) is 27.4 Å². The lowest BCUT2D eigenvalue weighted by Gasteiger charge is -2.28. The summed E-state index contributed by atoms with van der Waals surface area (Å²) in [5, 5.41) is 10.2. The third-order valence-electron chi connectivity index (χ3n) is 6.57. The Balaban J connectivity index is 1.31. The smallest absolute Gasteiger partial charge is 0.303 e. The lowest BCUT2D eigenvalue weighted by atomic mass is 9.86. The number of methoxy groups -OCH3 is 1. The van der Waals surface area contributed by atoms with E-state index in [1.807, 2.05) is 0 Å². The van der Waals surface area contributed by atoms with Crippen LogP contribution >= 0.6 is 0 Å². The maximum atomic E-state index is 13.6. The molecule has 12 nitrogen and oxygen atoms in total. The number of hydrogen-bond acceptors (Lipinski definition) is 9. The average molecular weight is 554 g/mol. The van der Waals surface area contributed by atoms with Crippen LogP contribution < -0.4 is 15.4 Å². The molecule has 2 N–H and O–H groups in total. The monoisotopic (exact) mass is 553 g/mol. The third kappa shape index (κ3) is 7.80. The molecule has 40 heavy (non-hydrogen) atoms. The van der Waals surface area contributed by atoms with Crippen molar-refractivity contribution >= 4 is 17.8 Å². The molecule has 0 radical (unpaired) electrons. The maximum Gasteiger partial charge on any atom is 0.303 e. The molecule has 0 atom stereocenters. The van der Waals surface area contributed by atoms with Crippen molar-refractivity contribution in [3.8, 4) is 17.3 Å². The van der Waals surface area contributed by atoms with Gasteiger partial charge in [0, 0.05) is 26.1 Å². The number of nitrogens with zero attached hydrogens (tertiary/aromatic N) is 5. The third-order valence-corrected chi connectivity index (χ3v) is 6.57. The minimum atomic E-state index is -0.481. The van der Waals surface area contributed by atoms with E-state index in [2.05, 4.69) is 30.7 Å². The predicted octanol–water partition coefficient (Wildman–Crippen LogP) is 2.36. The molecule has 1 saturated carbocycles. The minimum absolute atomic E-state index is 0.0595. The van der Waals surface area contributed by atoms with Gasteiger partial charge in [-0.2, -0.15) is 0 Å². The van der Waals surface area contributed by atoms with Crippen molar-refractivity contribution in [2.24, 2.45) is 5.92 Å². The Kier molecular flexibility index (Phi) is 9.35. The van der Waals surface area contributed by atoms with Crippen molar-refractivity contribution in [3.05, 3.63) is 53.5 Å². The topological polar surface area (TPSA) is 150 Å². The Bertz CT molecular complexity index is 1370. The van der Waals surface area contributed by atoms with Gasteiger partial charge in [0.2, 0.25) is 0 Å². The van der Waals surface area contributed by atoms with Crippen LogP contribution in [0.5, 0.6) is 5.75 Å². The summed E-state index contributed by atoms with van der Waals surface area (Å²) in [5.41, 5.74) is 1.28. The van der Waals surface area contributed by atoms with Gasteiger partial charge < -0.3 is 20.1 Å². The molecule has 2 heterocycles. The number of halogens is 1. The van der Waals surface area contributed by atoms with E-state index in [1.165, 1.54) is 32.2 Å². The van der Waals surface area contributed by atoms with Crippen LogP contribution in [0, 0.1) is 18.7 Å². The summed E-state index contributed by atoms with van der Waals surface area (Å²) in [6.07, 6.45) is 5.11. The second kappa shape index (κ2) is 13.1. The van der Waals surface area contributed by atoms with E-state index >= 15 is 0 Å². The molecule has 13 heteroatoms. The predicted molar refractivity (Wildman–Crippen MR) is 140 cm³/mol. The Morgan fingerprint density at radius 1 is 1.12 bits per heavy atom. The number of aryl methyl sites for hydroxylation is 1. The largest absolute Gasteiger partial charge is 0.494 e. The second-order valence-electron chi connectivity index (χ2n) is 9.69. The molecule has 0 aliphatic heterocycles. The highest BCUT2D eigenvalue weighted by molar-refractivity contribution is 5.93. The summed E-state index contributed by atoms with van der Waals surface area (Å²) in [7, 11) is 1.38. The summed E-state index contributed by atoms with van der Waals surface area (Å²) in [4.78, 5) is 48.6. The Morgan fingerprint density at radius 3 is 2.62 bits per heavy atom. The highest BCUT2D eigenvalue weighted by Gasteiger charge is 2.24. The number of benzene rings is 1. The SMILES string of the molecule is COc1cc(CNC(=O)c2cc(-c3ncn(CC4CCC(NC(=O)COC(C)=O)CC4)n3)nc(C)n2)ccc1F. The average Bonchev–Trinajstić information content (AvgIpc) is 3.40. The number of ether oxygens (including phenoxy) is 2. The van der Waals surface area contributed by atoms with Crippen molar-refractivity contribution in [2.75, 3.05) is 13.7 Å². The van der Waals surface area contributed by atoms with E-state index in [4.69, 9.17) is 9.47 Å². The molecular formula is C27H32FN7O5. The van der Waals surface area contributed by atoms with Gasteiger partial charge in [0.25, 0.3) is 11.8 Å². The fraction of sp³-hybridized carbons (Fsp3) is 0.444. The minimum Gasteiger partial charge on any atom is -0.494 e. The number of nitrogens with one attached hydrogen (secondary N) is 2. The van der Waals surface area contributed by atoms with Crippen LogP contribution in [0.2, 0.25) is 0 Å². The van der Waals surface area contributed by atoms with Gasteiger partial charge in [-0.3, -0.25) is 19.1 Å². The van der Waals surface area contributed by atoms with Gasteiger partial charge in [-0.25, -0.2) is 19.3 Å². The Labute approximate surface area is 230 Å². The molecule has 1 fully saturated rings. The number of aromatic nitrogens is 5.